The molecule has 0 saturated carbocycles. The lowest BCUT2D eigenvalue weighted by atomic mass is 10.0. The van der Waals surface area contributed by atoms with Gasteiger partial charge in [0.2, 0.25) is 5.88 Å². The molecule has 2 aromatic heterocycles. The van der Waals surface area contributed by atoms with Crippen molar-refractivity contribution < 1.29 is 19.7 Å². The molecule has 0 bridgehead atoms. The van der Waals surface area contributed by atoms with E-state index in [1.165, 1.54) is 12.1 Å². The molecule has 0 aliphatic heterocycles. The maximum Gasteiger partial charge on any atom is 0.203 e. The zero-order valence-electron chi connectivity index (χ0n) is 13.1. The van der Waals surface area contributed by atoms with Gasteiger partial charge in [0.1, 0.15) is 11.3 Å². The van der Waals surface area contributed by atoms with Crippen molar-refractivity contribution in [2.75, 3.05) is 0 Å². The van der Waals surface area contributed by atoms with E-state index >= 15 is 0 Å². The molecule has 4 aromatic rings. The highest BCUT2D eigenvalue weighted by Crippen LogP contribution is 2.42. The van der Waals surface area contributed by atoms with E-state index < -0.39 is 0 Å². The van der Waals surface area contributed by atoms with Crippen molar-refractivity contribution in [3.8, 4) is 11.6 Å². The van der Waals surface area contributed by atoms with Crippen LogP contribution in [-0.4, -0.2) is 24.9 Å². The largest absolute Gasteiger partial charge is 0.505 e. The molecule has 0 fully saturated rings. The summed E-state index contributed by atoms with van der Waals surface area (Å²) >= 11 is 0. The normalized spacial score (nSPS) is 11.4. The van der Waals surface area contributed by atoms with Crippen LogP contribution in [0.4, 0.5) is 4.39 Å². The minimum atomic E-state index is -0.330. The van der Waals surface area contributed by atoms with Gasteiger partial charge in [0.05, 0.1) is 18.5 Å². The van der Waals surface area contributed by atoms with E-state index in [0.29, 0.717) is 28.4 Å². The first-order valence-corrected chi connectivity index (χ1v) is 7.75. The number of rotatable bonds is 3. The smallest absolute Gasteiger partial charge is 0.203 e. The first-order valence-electron chi connectivity index (χ1n) is 7.75. The molecule has 0 aliphatic carbocycles. The predicted molar refractivity (Wildman–Crippen MR) is 92.0 cm³/mol. The van der Waals surface area contributed by atoms with Crippen molar-refractivity contribution in [1.82, 2.24) is 9.55 Å². The Kier molecular flexibility index (Phi) is 3.54. The van der Waals surface area contributed by atoms with Gasteiger partial charge in [-0.2, -0.15) is 0 Å². The SMILES string of the molecule is OCc1c2cccnc2c(O)c2c(O)n(Cc3ccc(F)cc3)cc12. The molecule has 0 saturated heterocycles. The van der Waals surface area contributed by atoms with Gasteiger partial charge in [0, 0.05) is 23.2 Å². The molecular formula is C19H15FN2O3. The van der Waals surface area contributed by atoms with E-state index in [9.17, 15) is 19.7 Å². The van der Waals surface area contributed by atoms with E-state index in [4.69, 9.17) is 0 Å². The zero-order chi connectivity index (χ0) is 17.6. The van der Waals surface area contributed by atoms with Crippen LogP contribution >= 0.6 is 0 Å². The van der Waals surface area contributed by atoms with E-state index in [-0.39, 0.29) is 29.4 Å². The molecule has 2 heterocycles. The molecule has 6 heteroatoms. The number of aliphatic hydroxyl groups is 1. The van der Waals surface area contributed by atoms with E-state index in [1.54, 1.807) is 41.2 Å². The number of nitrogens with zero attached hydrogens (tertiary/aromatic N) is 2. The van der Waals surface area contributed by atoms with Crippen LogP contribution in [0.15, 0.2) is 48.8 Å². The molecule has 0 amide bonds. The maximum atomic E-state index is 13.1. The van der Waals surface area contributed by atoms with E-state index in [2.05, 4.69) is 4.98 Å². The van der Waals surface area contributed by atoms with Gasteiger partial charge in [0.25, 0.3) is 0 Å². The molecule has 0 aliphatic rings. The summed E-state index contributed by atoms with van der Waals surface area (Å²) in [6.45, 7) is 0.0495. The Labute approximate surface area is 142 Å². The molecule has 3 N–H and O–H groups in total. The minimum absolute atomic E-state index is 0.126. The van der Waals surface area contributed by atoms with Crippen LogP contribution < -0.4 is 0 Å². The second-order valence-electron chi connectivity index (χ2n) is 5.88. The van der Waals surface area contributed by atoms with Crippen LogP contribution in [0.2, 0.25) is 0 Å². The lowest BCUT2D eigenvalue weighted by Gasteiger charge is -2.08. The summed E-state index contributed by atoms with van der Waals surface area (Å²) in [5, 5.41) is 32.4. The molecule has 4 rings (SSSR count). The number of aliphatic hydroxyl groups excluding tert-OH is 1. The topological polar surface area (TPSA) is 78.5 Å². The summed E-state index contributed by atoms with van der Waals surface area (Å²) in [5.74, 6) is -0.583. The number of hydrogen-bond donors (Lipinski definition) is 3. The van der Waals surface area contributed by atoms with Gasteiger partial charge >= 0.3 is 0 Å². The Bertz CT molecular complexity index is 1090. The Balaban J connectivity index is 1.96. The van der Waals surface area contributed by atoms with Crippen molar-refractivity contribution in [3.05, 3.63) is 65.7 Å². The Hall–Kier alpha value is -3.12. The fourth-order valence-electron chi connectivity index (χ4n) is 3.19. The first-order chi connectivity index (χ1) is 12.1. The van der Waals surface area contributed by atoms with Crippen LogP contribution in [0.5, 0.6) is 11.6 Å². The lowest BCUT2D eigenvalue weighted by Crippen LogP contribution is -1.97. The molecule has 0 spiro atoms. The molecule has 0 radical (unpaired) electrons. The number of aromatic nitrogens is 2. The third kappa shape index (κ3) is 2.38. The van der Waals surface area contributed by atoms with Crippen molar-refractivity contribution in [3.63, 3.8) is 0 Å². The van der Waals surface area contributed by atoms with Gasteiger partial charge < -0.3 is 19.9 Å². The van der Waals surface area contributed by atoms with Crippen molar-refractivity contribution >= 4 is 21.7 Å². The number of pyridine rings is 1. The first kappa shape index (κ1) is 15.4. The van der Waals surface area contributed by atoms with Crippen molar-refractivity contribution in [1.29, 1.82) is 0 Å². The summed E-state index contributed by atoms with van der Waals surface area (Å²) in [7, 11) is 0. The van der Waals surface area contributed by atoms with Crippen LogP contribution in [0, 0.1) is 5.82 Å². The van der Waals surface area contributed by atoms with E-state index in [1.807, 2.05) is 0 Å². The van der Waals surface area contributed by atoms with Gasteiger partial charge in [-0.3, -0.25) is 4.98 Å². The average molecular weight is 338 g/mol. The number of halogens is 1. The van der Waals surface area contributed by atoms with E-state index in [0.717, 1.165) is 5.56 Å². The fraction of sp³-hybridized carbons (Fsp3) is 0.105. The summed E-state index contributed by atoms with van der Waals surface area (Å²) in [4.78, 5) is 4.16. The number of hydrogen-bond acceptors (Lipinski definition) is 4. The number of benzene rings is 2. The standard InChI is InChI=1S/C19H15FN2O3/c20-12-5-3-11(4-6-12)8-22-9-14-15(10-23)13-2-1-7-21-17(13)18(24)16(14)19(22)25/h1-7,9,23-25H,8,10H2. The zero-order valence-corrected chi connectivity index (χ0v) is 13.1. The highest BCUT2D eigenvalue weighted by atomic mass is 19.1. The van der Waals surface area contributed by atoms with Crippen LogP contribution in [-0.2, 0) is 13.2 Å². The number of phenolic OH excluding ortho intramolecular Hbond substituents is 1. The van der Waals surface area contributed by atoms with Crippen LogP contribution in [0.1, 0.15) is 11.1 Å². The number of fused-ring (bicyclic) bond motifs is 2. The molecule has 2 aromatic carbocycles. The van der Waals surface area contributed by atoms with Crippen LogP contribution in [0.3, 0.4) is 0 Å². The Morgan fingerprint density at radius 2 is 1.80 bits per heavy atom. The minimum Gasteiger partial charge on any atom is -0.505 e. The molecule has 0 atom stereocenters. The maximum absolute atomic E-state index is 13.1. The van der Waals surface area contributed by atoms with Gasteiger partial charge in [-0.1, -0.05) is 18.2 Å². The van der Waals surface area contributed by atoms with Gasteiger partial charge in [-0.05, 0) is 29.3 Å². The fourth-order valence-corrected chi connectivity index (χ4v) is 3.19. The third-order valence-electron chi connectivity index (χ3n) is 4.39. The Morgan fingerprint density at radius 3 is 2.52 bits per heavy atom. The monoisotopic (exact) mass is 338 g/mol. The van der Waals surface area contributed by atoms with Crippen molar-refractivity contribution in [2.24, 2.45) is 0 Å². The van der Waals surface area contributed by atoms with Crippen LogP contribution in [0.25, 0.3) is 21.7 Å². The summed E-state index contributed by atoms with van der Waals surface area (Å²) in [6.07, 6.45) is 3.22. The molecule has 126 valence electrons. The average Bonchev–Trinajstić information content (AvgIpc) is 2.94. The third-order valence-corrected chi connectivity index (χ3v) is 4.39. The van der Waals surface area contributed by atoms with Gasteiger partial charge in [0.15, 0.2) is 5.75 Å². The summed E-state index contributed by atoms with van der Waals surface area (Å²) in [6, 6.07) is 9.45. The molecule has 25 heavy (non-hydrogen) atoms. The quantitative estimate of drug-likeness (QED) is 0.536. The molecule has 5 nitrogen and oxygen atoms in total. The summed E-state index contributed by atoms with van der Waals surface area (Å²) in [5.41, 5.74) is 1.71. The number of phenols is 1. The predicted octanol–water partition coefficient (Wildman–Crippen LogP) is 3.28. The van der Waals surface area contributed by atoms with Gasteiger partial charge in [-0.25, -0.2) is 4.39 Å². The molecular weight excluding hydrogens is 323 g/mol. The molecule has 0 unspecified atom stereocenters. The van der Waals surface area contributed by atoms with Crippen molar-refractivity contribution in [2.45, 2.75) is 13.2 Å². The second-order valence-corrected chi connectivity index (χ2v) is 5.88. The summed E-state index contributed by atoms with van der Waals surface area (Å²) < 4.78 is 14.6. The highest BCUT2D eigenvalue weighted by Gasteiger charge is 2.20. The van der Waals surface area contributed by atoms with Gasteiger partial charge in [-0.15, -0.1) is 0 Å². The lowest BCUT2D eigenvalue weighted by molar-refractivity contribution is 0.285. The Morgan fingerprint density at radius 1 is 1.04 bits per heavy atom. The number of aromatic hydroxyl groups is 2. The highest BCUT2D eigenvalue weighted by molar-refractivity contribution is 6.09. The second kappa shape index (κ2) is 5.75.